The number of benzene rings is 1. The van der Waals surface area contributed by atoms with Gasteiger partial charge in [-0.2, -0.15) is 5.10 Å². The Kier molecular flexibility index (Phi) is 4.17. The van der Waals surface area contributed by atoms with E-state index in [9.17, 15) is 15.2 Å². The highest BCUT2D eigenvalue weighted by Gasteiger charge is 2.23. The standard InChI is InChI=1S/C15H17N3O4/c19-10-11-9-13(12-5-1-2-6-14(12)18(20)21)16-17(11)15-7-3-4-8-22-15/h1-2,5-6,9,15,19H,3-4,7-8,10H2. The molecule has 0 radical (unpaired) electrons. The second kappa shape index (κ2) is 6.25. The molecule has 0 amide bonds. The molecule has 116 valence electrons. The summed E-state index contributed by atoms with van der Waals surface area (Å²) < 4.78 is 7.33. The number of hydrogen-bond donors (Lipinski definition) is 1. The minimum absolute atomic E-state index is 0.00111. The van der Waals surface area contributed by atoms with E-state index < -0.39 is 4.92 Å². The zero-order valence-corrected chi connectivity index (χ0v) is 12.0. The molecule has 1 aromatic carbocycles. The van der Waals surface area contributed by atoms with Crippen molar-refractivity contribution in [2.45, 2.75) is 32.1 Å². The molecule has 1 unspecified atom stereocenters. The molecule has 0 aliphatic carbocycles. The molecular formula is C15H17N3O4. The predicted octanol–water partition coefficient (Wildman–Crippen LogP) is 2.65. The Labute approximate surface area is 127 Å². The second-order valence-corrected chi connectivity index (χ2v) is 5.22. The molecule has 2 heterocycles. The van der Waals surface area contributed by atoms with Gasteiger partial charge in [-0.3, -0.25) is 10.1 Å². The molecule has 1 aliphatic rings. The Morgan fingerprint density at radius 1 is 1.41 bits per heavy atom. The Balaban J connectivity index is 2.02. The minimum Gasteiger partial charge on any atom is -0.390 e. The summed E-state index contributed by atoms with van der Waals surface area (Å²) >= 11 is 0. The van der Waals surface area contributed by atoms with E-state index >= 15 is 0 Å². The third kappa shape index (κ3) is 2.72. The fraction of sp³-hybridized carbons (Fsp3) is 0.400. The lowest BCUT2D eigenvalue weighted by atomic mass is 10.1. The van der Waals surface area contributed by atoms with E-state index in [0.29, 0.717) is 23.6 Å². The molecule has 1 aliphatic heterocycles. The maximum Gasteiger partial charge on any atom is 0.278 e. The van der Waals surface area contributed by atoms with E-state index in [0.717, 1.165) is 19.3 Å². The van der Waals surface area contributed by atoms with Crippen LogP contribution in [0.5, 0.6) is 0 Å². The number of nitro groups is 1. The lowest BCUT2D eigenvalue weighted by Gasteiger charge is -2.24. The number of nitrogens with zero attached hydrogens (tertiary/aromatic N) is 3. The molecule has 0 bridgehead atoms. The van der Waals surface area contributed by atoms with E-state index in [4.69, 9.17) is 4.74 Å². The Bertz CT molecular complexity index is 677. The fourth-order valence-corrected chi connectivity index (χ4v) is 2.70. The van der Waals surface area contributed by atoms with E-state index in [1.807, 2.05) is 0 Å². The van der Waals surface area contributed by atoms with Gasteiger partial charge in [0.05, 0.1) is 28.5 Å². The summed E-state index contributed by atoms with van der Waals surface area (Å²) in [5.74, 6) is 0. The van der Waals surface area contributed by atoms with E-state index in [1.54, 1.807) is 28.9 Å². The van der Waals surface area contributed by atoms with E-state index in [1.165, 1.54) is 6.07 Å². The lowest BCUT2D eigenvalue weighted by molar-refractivity contribution is -0.384. The molecule has 0 spiro atoms. The van der Waals surface area contributed by atoms with Crippen molar-refractivity contribution >= 4 is 5.69 Å². The Hall–Kier alpha value is -2.25. The van der Waals surface area contributed by atoms with Crippen LogP contribution in [0.1, 0.15) is 31.2 Å². The molecule has 2 aromatic rings. The molecule has 3 rings (SSSR count). The van der Waals surface area contributed by atoms with Gasteiger partial charge in [0.1, 0.15) is 0 Å². The summed E-state index contributed by atoms with van der Waals surface area (Å²) in [6, 6.07) is 8.14. The zero-order chi connectivity index (χ0) is 15.5. The summed E-state index contributed by atoms with van der Waals surface area (Å²) in [5, 5.41) is 25.1. The number of para-hydroxylation sites is 1. The molecular weight excluding hydrogens is 286 g/mol. The number of aliphatic hydroxyl groups is 1. The monoisotopic (exact) mass is 303 g/mol. The van der Waals surface area contributed by atoms with Crippen molar-refractivity contribution in [1.29, 1.82) is 0 Å². The number of aromatic nitrogens is 2. The van der Waals surface area contributed by atoms with Gasteiger partial charge >= 0.3 is 0 Å². The second-order valence-electron chi connectivity index (χ2n) is 5.22. The highest BCUT2D eigenvalue weighted by Crippen LogP contribution is 2.31. The zero-order valence-electron chi connectivity index (χ0n) is 12.0. The molecule has 22 heavy (non-hydrogen) atoms. The summed E-state index contributed by atoms with van der Waals surface area (Å²) in [6.45, 7) is 0.476. The van der Waals surface area contributed by atoms with Crippen molar-refractivity contribution in [2.75, 3.05) is 6.61 Å². The van der Waals surface area contributed by atoms with Gasteiger partial charge in [-0.1, -0.05) is 12.1 Å². The van der Waals surface area contributed by atoms with Gasteiger partial charge in [0, 0.05) is 12.7 Å². The fourth-order valence-electron chi connectivity index (χ4n) is 2.70. The molecule has 1 saturated heterocycles. The van der Waals surface area contributed by atoms with Crippen LogP contribution in [0.15, 0.2) is 30.3 Å². The van der Waals surface area contributed by atoms with Crippen LogP contribution in [-0.2, 0) is 11.3 Å². The third-order valence-electron chi connectivity index (χ3n) is 3.78. The number of aliphatic hydroxyl groups excluding tert-OH is 1. The number of hydrogen-bond acceptors (Lipinski definition) is 5. The van der Waals surface area contributed by atoms with Crippen LogP contribution in [0, 0.1) is 10.1 Å². The van der Waals surface area contributed by atoms with Crippen molar-refractivity contribution in [2.24, 2.45) is 0 Å². The largest absolute Gasteiger partial charge is 0.390 e. The number of rotatable bonds is 4. The van der Waals surface area contributed by atoms with Crippen molar-refractivity contribution in [3.63, 3.8) is 0 Å². The molecule has 1 N–H and O–H groups in total. The van der Waals surface area contributed by atoms with Crippen LogP contribution in [0.3, 0.4) is 0 Å². The normalized spacial score (nSPS) is 18.3. The van der Waals surface area contributed by atoms with Gasteiger partial charge in [-0.15, -0.1) is 0 Å². The quantitative estimate of drug-likeness (QED) is 0.692. The minimum atomic E-state index is -0.427. The van der Waals surface area contributed by atoms with Crippen molar-refractivity contribution in [1.82, 2.24) is 9.78 Å². The molecule has 1 fully saturated rings. The van der Waals surface area contributed by atoms with Crippen LogP contribution in [0.2, 0.25) is 0 Å². The highest BCUT2D eigenvalue weighted by molar-refractivity contribution is 5.70. The molecule has 7 nitrogen and oxygen atoms in total. The smallest absolute Gasteiger partial charge is 0.278 e. The van der Waals surface area contributed by atoms with Crippen LogP contribution < -0.4 is 0 Å². The van der Waals surface area contributed by atoms with Crippen molar-refractivity contribution < 1.29 is 14.8 Å². The van der Waals surface area contributed by atoms with E-state index in [2.05, 4.69) is 5.10 Å². The first-order valence-corrected chi connectivity index (χ1v) is 7.25. The van der Waals surface area contributed by atoms with Crippen molar-refractivity contribution in [3.05, 3.63) is 46.1 Å². The predicted molar refractivity (Wildman–Crippen MR) is 79.1 cm³/mol. The third-order valence-corrected chi connectivity index (χ3v) is 3.78. The molecule has 1 aromatic heterocycles. The van der Waals surface area contributed by atoms with E-state index in [-0.39, 0.29) is 18.5 Å². The summed E-state index contributed by atoms with van der Waals surface area (Å²) in [7, 11) is 0. The van der Waals surface area contributed by atoms with Gasteiger partial charge in [0.15, 0.2) is 6.23 Å². The number of nitro benzene ring substituents is 1. The maximum absolute atomic E-state index is 11.2. The topological polar surface area (TPSA) is 90.4 Å². The Morgan fingerprint density at radius 2 is 2.23 bits per heavy atom. The number of ether oxygens (including phenoxy) is 1. The summed E-state index contributed by atoms with van der Waals surface area (Å²) in [6.07, 6.45) is 2.66. The first-order chi connectivity index (χ1) is 10.7. The first-order valence-electron chi connectivity index (χ1n) is 7.25. The Morgan fingerprint density at radius 3 is 2.91 bits per heavy atom. The van der Waals surface area contributed by atoms with Crippen LogP contribution in [-0.4, -0.2) is 26.4 Å². The maximum atomic E-state index is 11.2. The highest BCUT2D eigenvalue weighted by atomic mass is 16.6. The summed E-state index contributed by atoms with van der Waals surface area (Å²) in [5.41, 5.74) is 1.52. The van der Waals surface area contributed by atoms with Gasteiger partial charge < -0.3 is 9.84 Å². The van der Waals surface area contributed by atoms with Gasteiger partial charge in [-0.05, 0) is 31.4 Å². The van der Waals surface area contributed by atoms with Crippen molar-refractivity contribution in [3.8, 4) is 11.3 Å². The van der Waals surface area contributed by atoms with Crippen LogP contribution >= 0.6 is 0 Å². The first kappa shape index (κ1) is 14.7. The van der Waals surface area contributed by atoms with Gasteiger partial charge in [0.25, 0.3) is 5.69 Å². The SMILES string of the molecule is O=[N+]([O-])c1ccccc1-c1cc(CO)n(C2CCCCO2)n1. The average Bonchev–Trinajstić information content (AvgIpc) is 3.00. The van der Waals surface area contributed by atoms with Gasteiger partial charge in [-0.25, -0.2) is 4.68 Å². The summed E-state index contributed by atoms with van der Waals surface area (Å²) in [4.78, 5) is 10.7. The molecule has 7 heteroatoms. The molecule has 0 saturated carbocycles. The van der Waals surface area contributed by atoms with Crippen LogP contribution in [0.25, 0.3) is 11.3 Å². The van der Waals surface area contributed by atoms with Crippen LogP contribution in [0.4, 0.5) is 5.69 Å². The average molecular weight is 303 g/mol. The van der Waals surface area contributed by atoms with Gasteiger partial charge in [0.2, 0.25) is 0 Å². The lowest BCUT2D eigenvalue weighted by Crippen LogP contribution is -2.21. The molecule has 1 atom stereocenters.